The van der Waals surface area contributed by atoms with Crippen molar-refractivity contribution in [2.24, 2.45) is 4.99 Å². The minimum absolute atomic E-state index is 0.0863. The summed E-state index contributed by atoms with van der Waals surface area (Å²) in [6, 6.07) is 23.3. The molecule has 0 radical (unpaired) electrons. The molecule has 184 valence electrons. The highest BCUT2D eigenvalue weighted by atomic mass is 79.9. The molecule has 0 aromatic heterocycles. The fourth-order valence-electron chi connectivity index (χ4n) is 4.77. The zero-order valence-corrected chi connectivity index (χ0v) is 21.4. The van der Waals surface area contributed by atoms with Gasteiger partial charge >= 0.3 is 0 Å². The maximum absolute atomic E-state index is 14.2. The van der Waals surface area contributed by atoms with Gasteiger partial charge in [-0.05, 0) is 48.0 Å². The highest BCUT2D eigenvalue weighted by molar-refractivity contribution is 9.10. The molecule has 1 amide bonds. The number of carbonyl (C=O) groups excluding carboxylic acids is 1. The first-order valence-electron chi connectivity index (χ1n) is 11.9. The van der Waals surface area contributed by atoms with Crippen molar-refractivity contribution >= 4 is 33.4 Å². The number of nitrogens with zero attached hydrogens (tertiary/aromatic N) is 2. The van der Waals surface area contributed by atoms with E-state index >= 15 is 0 Å². The minimum Gasteiger partial charge on any atom is -0.494 e. The van der Waals surface area contributed by atoms with Crippen LogP contribution in [0.5, 0.6) is 5.75 Å². The highest BCUT2D eigenvalue weighted by Gasteiger charge is 2.58. The molecule has 0 unspecified atom stereocenters. The Hall–Kier alpha value is -3.42. The normalized spacial score (nSPS) is 20.3. The first kappa shape index (κ1) is 24.3. The van der Waals surface area contributed by atoms with E-state index < -0.39 is 11.6 Å². The van der Waals surface area contributed by atoms with E-state index in [0.29, 0.717) is 37.6 Å². The van der Waals surface area contributed by atoms with Crippen molar-refractivity contribution in [1.29, 1.82) is 0 Å². The number of benzene rings is 3. The molecule has 36 heavy (non-hydrogen) atoms. The van der Waals surface area contributed by atoms with Gasteiger partial charge < -0.3 is 19.5 Å². The van der Waals surface area contributed by atoms with Crippen molar-refractivity contribution in [3.63, 3.8) is 0 Å². The van der Waals surface area contributed by atoms with Crippen LogP contribution >= 0.6 is 15.9 Å². The highest BCUT2D eigenvalue weighted by Crippen LogP contribution is 2.50. The van der Waals surface area contributed by atoms with E-state index in [0.717, 1.165) is 26.9 Å². The van der Waals surface area contributed by atoms with Crippen LogP contribution in [0.25, 0.3) is 0 Å². The Morgan fingerprint density at radius 1 is 1.11 bits per heavy atom. The van der Waals surface area contributed by atoms with E-state index in [1.54, 1.807) is 11.0 Å². The van der Waals surface area contributed by atoms with Gasteiger partial charge in [0.05, 0.1) is 12.3 Å². The van der Waals surface area contributed by atoms with E-state index in [1.165, 1.54) is 0 Å². The number of carbonyl (C=O) groups is 1. The van der Waals surface area contributed by atoms with Gasteiger partial charge in [0, 0.05) is 41.6 Å². The first-order chi connectivity index (χ1) is 17.6. The predicted molar refractivity (Wildman–Crippen MR) is 144 cm³/mol. The molecule has 0 saturated heterocycles. The Kier molecular flexibility index (Phi) is 6.94. The van der Waals surface area contributed by atoms with Crippen molar-refractivity contribution < 1.29 is 19.4 Å². The summed E-state index contributed by atoms with van der Waals surface area (Å²) in [4.78, 5) is 21.0. The van der Waals surface area contributed by atoms with Crippen LogP contribution in [0.15, 0.2) is 94.9 Å². The maximum Gasteiger partial charge on any atom is 0.259 e. The molecule has 1 N–H and O–H groups in total. The van der Waals surface area contributed by atoms with E-state index in [1.807, 2.05) is 72.8 Å². The molecule has 0 aliphatic carbocycles. The average Bonchev–Trinajstić information content (AvgIpc) is 3.29. The lowest BCUT2D eigenvalue weighted by Crippen LogP contribution is -2.55. The third-order valence-corrected chi connectivity index (χ3v) is 6.99. The molecule has 6 nitrogen and oxygen atoms in total. The second kappa shape index (κ2) is 10.3. The monoisotopic (exact) mass is 546 g/mol. The number of ether oxygens (including phenoxy) is 2. The van der Waals surface area contributed by atoms with Gasteiger partial charge in [0.25, 0.3) is 5.91 Å². The van der Waals surface area contributed by atoms with Crippen LogP contribution in [0.4, 0.5) is 5.69 Å². The zero-order chi connectivity index (χ0) is 25.1. The van der Waals surface area contributed by atoms with Gasteiger partial charge in [-0.3, -0.25) is 4.79 Å². The third-order valence-electron chi connectivity index (χ3n) is 6.46. The van der Waals surface area contributed by atoms with E-state index in [4.69, 9.17) is 19.6 Å². The van der Waals surface area contributed by atoms with Gasteiger partial charge in [-0.25, -0.2) is 4.99 Å². The third kappa shape index (κ3) is 4.45. The Bertz CT molecular complexity index is 1290. The van der Waals surface area contributed by atoms with Gasteiger partial charge in [0.2, 0.25) is 5.90 Å². The Morgan fingerprint density at radius 3 is 2.58 bits per heavy atom. The van der Waals surface area contributed by atoms with Crippen LogP contribution in [-0.4, -0.2) is 42.2 Å². The van der Waals surface area contributed by atoms with Crippen molar-refractivity contribution in [1.82, 2.24) is 0 Å². The molecule has 0 spiro atoms. The number of halogens is 1. The molecule has 0 saturated carbocycles. The predicted octanol–water partition coefficient (Wildman–Crippen LogP) is 5.24. The molecule has 2 heterocycles. The molecular formula is C29H27BrN2O4. The number of fused-ring (bicyclic) bond motifs is 3. The van der Waals surface area contributed by atoms with E-state index in [-0.39, 0.29) is 12.5 Å². The first-order valence-corrected chi connectivity index (χ1v) is 12.7. The maximum atomic E-state index is 14.2. The number of hydrogen-bond acceptors (Lipinski definition) is 5. The Labute approximate surface area is 219 Å². The molecule has 2 aliphatic rings. The molecular weight excluding hydrogens is 520 g/mol. The number of aliphatic hydroxyl groups is 1. The molecule has 3 aromatic rings. The van der Waals surface area contributed by atoms with Gasteiger partial charge in [-0.15, -0.1) is 6.58 Å². The summed E-state index contributed by atoms with van der Waals surface area (Å²) in [6.45, 7) is 4.78. The molecule has 2 atom stereocenters. The zero-order valence-electron chi connectivity index (χ0n) is 19.8. The molecule has 7 heteroatoms. The van der Waals surface area contributed by atoms with Gasteiger partial charge in [0.1, 0.15) is 5.75 Å². The van der Waals surface area contributed by atoms with Crippen LogP contribution in [-0.2, 0) is 16.0 Å². The summed E-state index contributed by atoms with van der Waals surface area (Å²) < 4.78 is 13.1. The lowest BCUT2D eigenvalue weighted by molar-refractivity contribution is -0.126. The summed E-state index contributed by atoms with van der Waals surface area (Å²) in [5.41, 5.74) is 2.38. The summed E-state index contributed by atoms with van der Waals surface area (Å²) in [7, 11) is 0. The van der Waals surface area contributed by atoms with Gasteiger partial charge in [0.15, 0.2) is 11.6 Å². The molecule has 3 aromatic carbocycles. The number of aliphatic imine (C=N–C) groups is 1. The topological polar surface area (TPSA) is 71.4 Å². The number of anilines is 1. The fraction of sp³-hybridized carbons (Fsp3) is 0.241. The molecule has 0 fully saturated rings. The van der Waals surface area contributed by atoms with Crippen molar-refractivity contribution in [3.8, 4) is 5.75 Å². The number of hydrogen-bond donors (Lipinski definition) is 1. The van der Waals surface area contributed by atoms with Crippen molar-refractivity contribution in [2.45, 2.75) is 24.5 Å². The summed E-state index contributed by atoms with van der Waals surface area (Å²) in [6.07, 6.45) is 2.15. The lowest BCUT2D eigenvalue weighted by atomic mass is 9.78. The number of amides is 1. The van der Waals surface area contributed by atoms with E-state index in [2.05, 4.69) is 22.5 Å². The number of rotatable bonds is 9. The SMILES string of the molecule is C=CCN1C(=O)[C@@]2(Cc3ccc(Br)cc3)N=C(c3ccc(OCCCO)cc3)O[C@H]2c2ccccc21. The van der Waals surface area contributed by atoms with Crippen LogP contribution < -0.4 is 9.64 Å². The lowest BCUT2D eigenvalue weighted by Gasteiger charge is -2.41. The standard InChI is InChI=1S/C29H27BrN2O4/c1-2-16-32-25-7-4-3-6-24(25)26-29(28(32)34,19-20-8-12-22(30)13-9-20)31-27(36-26)21-10-14-23(15-11-21)35-18-5-17-33/h2-4,6-15,26,33H,1,5,16-19H2/t26-,29-/m0/s1. The van der Waals surface area contributed by atoms with Gasteiger partial charge in [-0.1, -0.05) is 52.3 Å². The largest absolute Gasteiger partial charge is 0.494 e. The fourth-order valence-corrected chi connectivity index (χ4v) is 5.03. The van der Waals surface area contributed by atoms with Crippen LogP contribution in [0.3, 0.4) is 0 Å². The number of aliphatic hydroxyl groups excluding tert-OH is 1. The van der Waals surface area contributed by atoms with Crippen LogP contribution in [0.2, 0.25) is 0 Å². The summed E-state index contributed by atoms with van der Waals surface area (Å²) in [5, 5.41) is 8.97. The summed E-state index contributed by atoms with van der Waals surface area (Å²) >= 11 is 3.49. The molecule has 2 aliphatic heterocycles. The second-order valence-electron chi connectivity index (χ2n) is 8.86. The Balaban J connectivity index is 1.57. The Morgan fingerprint density at radius 2 is 1.86 bits per heavy atom. The smallest absolute Gasteiger partial charge is 0.259 e. The van der Waals surface area contributed by atoms with E-state index in [9.17, 15) is 4.79 Å². The average molecular weight is 547 g/mol. The minimum atomic E-state index is -1.14. The van der Waals surface area contributed by atoms with Crippen LogP contribution in [0, 0.1) is 0 Å². The molecule has 0 bridgehead atoms. The van der Waals surface area contributed by atoms with Crippen molar-refractivity contribution in [3.05, 3.63) is 107 Å². The van der Waals surface area contributed by atoms with Gasteiger partial charge in [-0.2, -0.15) is 0 Å². The summed E-state index contributed by atoms with van der Waals surface area (Å²) in [5.74, 6) is 1.03. The second-order valence-corrected chi connectivity index (χ2v) is 9.77. The molecule has 5 rings (SSSR count). The van der Waals surface area contributed by atoms with Crippen molar-refractivity contribution in [2.75, 3.05) is 24.7 Å². The van der Waals surface area contributed by atoms with Crippen LogP contribution in [0.1, 0.15) is 29.2 Å². The number of para-hydroxylation sites is 1. The quantitative estimate of drug-likeness (QED) is 0.294.